The van der Waals surface area contributed by atoms with Gasteiger partial charge in [0.1, 0.15) is 0 Å². The number of amides is 2. The molecule has 0 aromatic heterocycles. The summed E-state index contributed by atoms with van der Waals surface area (Å²) < 4.78 is 11.4. The molecule has 0 heterocycles. The first-order valence-electron chi connectivity index (χ1n) is 9.49. The molecule has 0 aliphatic heterocycles. The number of carbonyl (C=O) groups excluding carboxylic acids is 2. The van der Waals surface area contributed by atoms with Crippen molar-refractivity contribution in [1.29, 1.82) is 0 Å². The van der Waals surface area contributed by atoms with Crippen LogP contribution in [0.4, 0.5) is 5.69 Å². The third-order valence-corrected chi connectivity index (χ3v) is 4.06. The van der Waals surface area contributed by atoms with Crippen molar-refractivity contribution in [2.24, 2.45) is 0 Å². The van der Waals surface area contributed by atoms with Crippen molar-refractivity contribution in [3.8, 4) is 11.5 Å². The molecular formula is C22H28N2O4. The van der Waals surface area contributed by atoms with Gasteiger partial charge in [-0.05, 0) is 55.8 Å². The van der Waals surface area contributed by atoms with E-state index < -0.39 is 0 Å². The molecule has 0 atom stereocenters. The van der Waals surface area contributed by atoms with Crippen LogP contribution in [0.25, 0.3) is 0 Å². The van der Waals surface area contributed by atoms with Gasteiger partial charge in [-0.1, -0.05) is 13.3 Å². The second-order valence-electron chi connectivity index (χ2n) is 6.53. The molecule has 0 bridgehead atoms. The molecule has 150 valence electrons. The Kier molecular flexibility index (Phi) is 7.87. The molecule has 2 rings (SSSR count). The smallest absolute Gasteiger partial charge is 0.255 e. The Morgan fingerprint density at radius 1 is 0.929 bits per heavy atom. The molecule has 1 N–H and O–H groups in total. The number of ether oxygens (including phenoxy) is 2. The zero-order valence-electron chi connectivity index (χ0n) is 17.0. The number of rotatable bonds is 9. The molecule has 0 saturated heterocycles. The fraction of sp³-hybridized carbons (Fsp3) is 0.364. The van der Waals surface area contributed by atoms with Crippen molar-refractivity contribution in [3.05, 3.63) is 53.6 Å². The van der Waals surface area contributed by atoms with E-state index in [2.05, 4.69) is 12.2 Å². The molecule has 0 spiro atoms. The van der Waals surface area contributed by atoms with Crippen LogP contribution in [0.5, 0.6) is 11.5 Å². The van der Waals surface area contributed by atoms with E-state index in [9.17, 15) is 9.59 Å². The van der Waals surface area contributed by atoms with E-state index >= 15 is 0 Å². The van der Waals surface area contributed by atoms with Crippen molar-refractivity contribution in [3.63, 3.8) is 0 Å². The lowest BCUT2D eigenvalue weighted by Gasteiger charge is -2.14. The van der Waals surface area contributed by atoms with E-state index in [4.69, 9.17) is 9.47 Å². The number of carbonyl (C=O) groups is 2. The zero-order chi connectivity index (χ0) is 20.5. The van der Waals surface area contributed by atoms with Gasteiger partial charge in [-0.15, -0.1) is 0 Å². The summed E-state index contributed by atoms with van der Waals surface area (Å²) in [5.41, 5.74) is 1.65. The van der Waals surface area contributed by atoms with E-state index in [1.54, 1.807) is 56.6 Å². The third kappa shape index (κ3) is 5.74. The van der Waals surface area contributed by atoms with Gasteiger partial charge in [-0.3, -0.25) is 9.59 Å². The van der Waals surface area contributed by atoms with Gasteiger partial charge in [-0.25, -0.2) is 0 Å². The van der Waals surface area contributed by atoms with Gasteiger partial charge in [0.05, 0.1) is 13.2 Å². The topological polar surface area (TPSA) is 67.9 Å². The molecular weight excluding hydrogens is 356 g/mol. The summed E-state index contributed by atoms with van der Waals surface area (Å²) in [6.07, 6.45) is 2.00. The van der Waals surface area contributed by atoms with Crippen LogP contribution in [0, 0.1) is 0 Å². The summed E-state index contributed by atoms with van der Waals surface area (Å²) in [6.45, 7) is 5.08. The molecule has 0 unspecified atom stereocenters. The Morgan fingerprint density at radius 2 is 1.61 bits per heavy atom. The molecule has 0 radical (unpaired) electrons. The number of unbranched alkanes of at least 4 members (excludes halogenated alkanes) is 1. The molecule has 0 aliphatic rings. The predicted octanol–water partition coefficient (Wildman–Crippen LogP) is 4.22. The van der Waals surface area contributed by atoms with Crippen molar-refractivity contribution in [1.82, 2.24) is 4.90 Å². The summed E-state index contributed by atoms with van der Waals surface area (Å²) in [6, 6.07) is 11.9. The van der Waals surface area contributed by atoms with Crippen molar-refractivity contribution in [2.75, 3.05) is 32.6 Å². The minimum absolute atomic E-state index is 0.0853. The quantitative estimate of drug-likeness (QED) is 0.658. The van der Waals surface area contributed by atoms with Gasteiger partial charge in [-0.2, -0.15) is 0 Å². The van der Waals surface area contributed by atoms with Crippen molar-refractivity contribution >= 4 is 17.5 Å². The van der Waals surface area contributed by atoms with E-state index in [0.29, 0.717) is 41.5 Å². The largest absolute Gasteiger partial charge is 0.490 e. The SMILES string of the molecule is CCCCOc1ccc(C(=O)Nc2ccc(C(=O)N(C)C)cc2)cc1OCC. The van der Waals surface area contributed by atoms with Crippen molar-refractivity contribution < 1.29 is 19.1 Å². The number of nitrogens with zero attached hydrogens (tertiary/aromatic N) is 1. The third-order valence-electron chi connectivity index (χ3n) is 4.06. The molecule has 2 aromatic carbocycles. The molecule has 2 amide bonds. The van der Waals surface area contributed by atoms with Crippen molar-refractivity contribution in [2.45, 2.75) is 26.7 Å². The van der Waals surface area contributed by atoms with E-state index in [0.717, 1.165) is 12.8 Å². The molecule has 6 heteroatoms. The maximum absolute atomic E-state index is 12.6. The summed E-state index contributed by atoms with van der Waals surface area (Å²) >= 11 is 0. The maximum atomic E-state index is 12.6. The van der Waals surface area contributed by atoms with Crippen LogP contribution in [0.1, 0.15) is 47.4 Å². The average Bonchev–Trinajstić information content (AvgIpc) is 2.69. The predicted molar refractivity (Wildman–Crippen MR) is 110 cm³/mol. The number of nitrogens with one attached hydrogen (secondary N) is 1. The van der Waals surface area contributed by atoms with Gasteiger partial charge in [0.25, 0.3) is 11.8 Å². The number of hydrogen-bond acceptors (Lipinski definition) is 4. The van der Waals surface area contributed by atoms with Gasteiger partial charge in [0.2, 0.25) is 0 Å². The normalized spacial score (nSPS) is 10.3. The van der Waals surface area contributed by atoms with Gasteiger partial charge in [0, 0.05) is 30.9 Å². The minimum Gasteiger partial charge on any atom is -0.490 e. The molecule has 0 fully saturated rings. The lowest BCUT2D eigenvalue weighted by Crippen LogP contribution is -2.21. The van der Waals surface area contributed by atoms with Crippen LogP contribution < -0.4 is 14.8 Å². The van der Waals surface area contributed by atoms with Gasteiger partial charge in [0.15, 0.2) is 11.5 Å². The number of benzene rings is 2. The zero-order valence-corrected chi connectivity index (χ0v) is 17.0. The monoisotopic (exact) mass is 384 g/mol. The highest BCUT2D eigenvalue weighted by molar-refractivity contribution is 6.05. The molecule has 28 heavy (non-hydrogen) atoms. The highest BCUT2D eigenvalue weighted by Gasteiger charge is 2.13. The Balaban J connectivity index is 2.10. The minimum atomic E-state index is -0.257. The lowest BCUT2D eigenvalue weighted by molar-refractivity contribution is 0.0827. The number of hydrogen-bond donors (Lipinski definition) is 1. The fourth-order valence-electron chi connectivity index (χ4n) is 2.52. The molecule has 2 aromatic rings. The second-order valence-corrected chi connectivity index (χ2v) is 6.53. The summed E-state index contributed by atoms with van der Waals surface area (Å²) in [5, 5.41) is 2.83. The first-order valence-corrected chi connectivity index (χ1v) is 9.49. The Bertz CT molecular complexity index is 801. The molecule has 0 saturated carbocycles. The van der Waals surface area contributed by atoms with Crippen LogP contribution in [0.3, 0.4) is 0 Å². The lowest BCUT2D eigenvalue weighted by atomic mass is 10.1. The summed E-state index contributed by atoms with van der Waals surface area (Å²) in [5.74, 6) is 0.849. The highest BCUT2D eigenvalue weighted by atomic mass is 16.5. The van der Waals surface area contributed by atoms with Crippen LogP contribution in [-0.2, 0) is 0 Å². The van der Waals surface area contributed by atoms with Gasteiger partial charge >= 0.3 is 0 Å². The van der Waals surface area contributed by atoms with E-state index in [1.165, 1.54) is 4.90 Å². The van der Waals surface area contributed by atoms with Crippen LogP contribution in [0.2, 0.25) is 0 Å². The van der Waals surface area contributed by atoms with Gasteiger partial charge < -0.3 is 19.7 Å². The fourth-order valence-corrected chi connectivity index (χ4v) is 2.52. The molecule has 0 aliphatic carbocycles. The first-order chi connectivity index (χ1) is 13.5. The Labute approximate surface area is 166 Å². The summed E-state index contributed by atoms with van der Waals surface area (Å²) in [4.78, 5) is 26.0. The van der Waals surface area contributed by atoms with E-state index in [-0.39, 0.29) is 11.8 Å². The highest BCUT2D eigenvalue weighted by Crippen LogP contribution is 2.29. The average molecular weight is 384 g/mol. The van der Waals surface area contributed by atoms with E-state index in [1.807, 2.05) is 6.92 Å². The number of anilines is 1. The molecule has 6 nitrogen and oxygen atoms in total. The Hall–Kier alpha value is -3.02. The van der Waals surface area contributed by atoms with Crippen LogP contribution in [0.15, 0.2) is 42.5 Å². The second kappa shape index (κ2) is 10.3. The van der Waals surface area contributed by atoms with Crippen LogP contribution in [-0.4, -0.2) is 44.0 Å². The standard InChI is InChI=1S/C22H28N2O4/c1-5-7-14-28-19-13-10-17(15-20(19)27-6-2)21(25)23-18-11-8-16(9-12-18)22(26)24(3)4/h8-13,15H,5-7,14H2,1-4H3,(H,23,25). The summed E-state index contributed by atoms with van der Waals surface area (Å²) in [7, 11) is 3.40. The van der Waals surface area contributed by atoms with Crippen LogP contribution >= 0.6 is 0 Å². The maximum Gasteiger partial charge on any atom is 0.255 e. The Morgan fingerprint density at radius 3 is 2.21 bits per heavy atom. The first kappa shape index (κ1) is 21.3.